The van der Waals surface area contributed by atoms with Gasteiger partial charge in [0.15, 0.2) is 5.78 Å². The molecule has 4 fully saturated rings. The molecule has 0 radical (unpaired) electrons. The highest BCUT2D eigenvalue weighted by molar-refractivity contribution is 5.98. The summed E-state index contributed by atoms with van der Waals surface area (Å²) in [5.74, 6) is 3.62. The molecule has 0 aliphatic heterocycles. The first-order valence-corrected chi connectivity index (χ1v) is 7.45. The zero-order valence-electron chi connectivity index (χ0n) is 11.1. The SMILES string of the molecule is Nc1cncc(C(=O)C2C3CC4CC(C3)CC2C4)c1. The highest BCUT2D eigenvalue weighted by atomic mass is 16.1. The molecular weight excluding hydrogens is 236 g/mol. The Morgan fingerprint density at radius 2 is 1.68 bits per heavy atom. The molecule has 4 bridgehead atoms. The van der Waals surface area contributed by atoms with E-state index in [2.05, 4.69) is 4.98 Å². The zero-order chi connectivity index (χ0) is 13.0. The van der Waals surface area contributed by atoms with Gasteiger partial charge in [0.1, 0.15) is 0 Å². The van der Waals surface area contributed by atoms with E-state index < -0.39 is 0 Å². The zero-order valence-corrected chi connectivity index (χ0v) is 11.1. The highest BCUT2D eigenvalue weighted by Gasteiger charge is 2.50. The number of hydrogen-bond donors (Lipinski definition) is 1. The number of aromatic nitrogens is 1. The molecule has 0 amide bonds. The van der Waals surface area contributed by atoms with Crippen molar-refractivity contribution in [3.8, 4) is 0 Å². The second-order valence-corrected chi connectivity index (χ2v) is 6.83. The number of Topliss-reactive ketones (excluding diaryl/α,β-unsaturated/α-hetero) is 1. The molecule has 5 rings (SSSR count). The summed E-state index contributed by atoms with van der Waals surface area (Å²) < 4.78 is 0. The van der Waals surface area contributed by atoms with Gasteiger partial charge in [-0.25, -0.2) is 0 Å². The number of ketones is 1. The van der Waals surface area contributed by atoms with E-state index in [0.29, 0.717) is 23.3 Å². The normalized spacial score (nSPS) is 39.5. The van der Waals surface area contributed by atoms with E-state index in [1.807, 2.05) is 0 Å². The third-order valence-corrected chi connectivity index (χ3v) is 5.57. The molecule has 100 valence electrons. The van der Waals surface area contributed by atoms with Gasteiger partial charge in [-0.3, -0.25) is 9.78 Å². The van der Waals surface area contributed by atoms with Crippen LogP contribution in [0.3, 0.4) is 0 Å². The van der Waals surface area contributed by atoms with Crippen molar-refractivity contribution < 1.29 is 4.79 Å². The smallest absolute Gasteiger partial charge is 0.168 e. The minimum absolute atomic E-state index is 0.247. The summed E-state index contributed by atoms with van der Waals surface area (Å²) in [4.78, 5) is 16.9. The first kappa shape index (κ1) is 11.4. The molecule has 0 spiro atoms. The fourth-order valence-electron chi connectivity index (χ4n) is 5.14. The van der Waals surface area contributed by atoms with Crippen LogP contribution in [0, 0.1) is 29.6 Å². The molecule has 3 nitrogen and oxygen atoms in total. The molecule has 0 atom stereocenters. The van der Waals surface area contributed by atoms with E-state index >= 15 is 0 Å². The van der Waals surface area contributed by atoms with E-state index in [1.54, 1.807) is 18.5 Å². The summed E-state index contributed by atoms with van der Waals surface area (Å²) >= 11 is 0. The number of nitrogen functional groups attached to an aromatic ring is 1. The maximum absolute atomic E-state index is 12.8. The van der Waals surface area contributed by atoms with Crippen molar-refractivity contribution in [2.75, 3.05) is 5.73 Å². The number of hydrogen-bond acceptors (Lipinski definition) is 3. The summed E-state index contributed by atoms with van der Waals surface area (Å²) in [6.07, 6.45) is 9.82. The fourth-order valence-corrected chi connectivity index (χ4v) is 5.14. The molecule has 1 heterocycles. The highest BCUT2D eigenvalue weighted by Crippen LogP contribution is 2.57. The number of nitrogens with two attached hydrogens (primary N) is 1. The van der Waals surface area contributed by atoms with E-state index in [4.69, 9.17) is 5.73 Å². The van der Waals surface area contributed by atoms with Crippen molar-refractivity contribution in [1.82, 2.24) is 4.98 Å². The van der Waals surface area contributed by atoms with Gasteiger partial charge in [0, 0.05) is 23.9 Å². The Labute approximate surface area is 113 Å². The Morgan fingerprint density at radius 3 is 2.26 bits per heavy atom. The predicted octanol–water partition coefficient (Wildman–Crippen LogP) is 2.92. The van der Waals surface area contributed by atoms with Gasteiger partial charge in [0.25, 0.3) is 0 Å². The van der Waals surface area contributed by atoms with Gasteiger partial charge >= 0.3 is 0 Å². The van der Waals surface area contributed by atoms with Crippen LogP contribution in [0.4, 0.5) is 5.69 Å². The number of carbonyl (C=O) groups is 1. The first-order chi connectivity index (χ1) is 9.20. The molecule has 4 aliphatic rings. The Morgan fingerprint density at radius 1 is 1.05 bits per heavy atom. The van der Waals surface area contributed by atoms with Gasteiger partial charge in [-0.15, -0.1) is 0 Å². The average molecular weight is 256 g/mol. The van der Waals surface area contributed by atoms with Crippen molar-refractivity contribution in [1.29, 1.82) is 0 Å². The Kier molecular flexibility index (Phi) is 2.44. The van der Waals surface area contributed by atoms with Gasteiger partial charge in [-0.2, -0.15) is 0 Å². The molecule has 0 aromatic carbocycles. The summed E-state index contributed by atoms with van der Waals surface area (Å²) in [6.45, 7) is 0. The minimum Gasteiger partial charge on any atom is -0.397 e. The number of rotatable bonds is 2. The van der Waals surface area contributed by atoms with E-state index in [0.717, 1.165) is 17.4 Å². The van der Waals surface area contributed by atoms with E-state index in [-0.39, 0.29) is 5.92 Å². The molecule has 4 aliphatic carbocycles. The third kappa shape index (κ3) is 1.78. The van der Waals surface area contributed by atoms with E-state index in [1.165, 1.54) is 32.1 Å². The van der Waals surface area contributed by atoms with Crippen LogP contribution in [0.1, 0.15) is 42.5 Å². The quantitative estimate of drug-likeness (QED) is 0.828. The van der Waals surface area contributed by atoms with Crippen LogP contribution >= 0.6 is 0 Å². The second-order valence-electron chi connectivity index (χ2n) is 6.83. The maximum atomic E-state index is 12.8. The second kappa shape index (κ2) is 4.06. The molecule has 0 saturated heterocycles. The Bertz CT molecular complexity index is 497. The summed E-state index contributed by atoms with van der Waals surface area (Å²) in [5, 5.41) is 0. The molecule has 4 saturated carbocycles. The molecule has 19 heavy (non-hydrogen) atoms. The van der Waals surface area contributed by atoms with Gasteiger partial charge in [0.05, 0.1) is 5.69 Å². The van der Waals surface area contributed by atoms with Gasteiger partial charge in [0.2, 0.25) is 0 Å². The lowest BCUT2D eigenvalue weighted by Gasteiger charge is -2.53. The molecular formula is C16H20N2O. The van der Waals surface area contributed by atoms with Gasteiger partial charge < -0.3 is 5.73 Å². The number of carbonyl (C=O) groups excluding carboxylic acids is 1. The summed E-state index contributed by atoms with van der Waals surface area (Å²) in [5.41, 5.74) is 7.07. The largest absolute Gasteiger partial charge is 0.397 e. The Hall–Kier alpha value is -1.38. The third-order valence-electron chi connectivity index (χ3n) is 5.57. The lowest BCUT2D eigenvalue weighted by Crippen LogP contribution is -2.48. The maximum Gasteiger partial charge on any atom is 0.168 e. The van der Waals surface area contributed by atoms with Crippen molar-refractivity contribution >= 4 is 11.5 Å². The Balaban J connectivity index is 1.64. The lowest BCUT2D eigenvalue weighted by atomic mass is 9.51. The van der Waals surface area contributed by atoms with Crippen molar-refractivity contribution in [3.05, 3.63) is 24.0 Å². The van der Waals surface area contributed by atoms with Crippen LogP contribution in [0.5, 0.6) is 0 Å². The minimum atomic E-state index is 0.247. The van der Waals surface area contributed by atoms with Crippen LogP contribution in [0.15, 0.2) is 18.5 Å². The van der Waals surface area contributed by atoms with Crippen molar-refractivity contribution in [2.45, 2.75) is 32.1 Å². The molecule has 0 unspecified atom stereocenters. The topological polar surface area (TPSA) is 56.0 Å². The number of anilines is 1. The molecule has 1 aromatic rings. The molecule has 1 aromatic heterocycles. The number of pyridine rings is 1. The standard InChI is InChI=1S/C16H20N2O/c17-14-6-13(7-18-8-14)16(19)15-11-2-9-1-10(4-11)5-12(15)3-9/h6-12,15H,1-5,17H2. The number of nitrogens with zero attached hydrogens (tertiary/aromatic N) is 1. The summed E-state index contributed by atoms with van der Waals surface area (Å²) in [7, 11) is 0. The molecule has 2 N–H and O–H groups in total. The van der Waals surface area contributed by atoms with Crippen molar-refractivity contribution in [2.24, 2.45) is 29.6 Å². The van der Waals surface area contributed by atoms with Gasteiger partial charge in [-0.05, 0) is 61.8 Å². The van der Waals surface area contributed by atoms with Crippen LogP contribution in [-0.4, -0.2) is 10.8 Å². The molecule has 3 heteroatoms. The van der Waals surface area contributed by atoms with Crippen molar-refractivity contribution in [3.63, 3.8) is 0 Å². The van der Waals surface area contributed by atoms with Crippen LogP contribution in [0.25, 0.3) is 0 Å². The lowest BCUT2D eigenvalue weighted by molar-refractivity contribution is -0.0251. The fraction of sp³-hybridized carbons (Fsp3) is 0.625. The monoisotopic (exact) mass is 256 g/mol. The summed E-state index contributed by atoms with van der Waals surface area (Å²) in [6, 6.07) is 1.79. The van der Waals surface area contributed by atoms with Crippen LogP contribution < -0.4 is 5.73 Å². The average Bonchev–Trinajstić information content (AvgIpc) is 2.37. The first-order valence-electron chi connectivity index (χ1n) is 7.45. The predicted molar refractivity (Wildman–Crippen MR) is 73.5 cm³/mol. The van der Waals surface area contributed by atoms with Crippen LogP contribution in [-0.2, 0) is 0 Å². The van der Waals surface area contributed by atoms with E-state index in [9.17, 15) is 4.79 Å². The van der Waals surface area contributed by atoms with Gasteiger partial charge in [-0.1, -0.05) is 0 Å². The van der Waals surface area contributed by atoms with Crippen LogP contribution in [0.2, 0.25) is 0 Å².